The molecule has 0 bridgehead atoms. The van der Waals surface area contributed by atoms with Gasteiger partial charge in [-0.05, 0) is 52.9 Å². The normalized spacial score (nSPS) is 10.3. The molecule has 0 radical (unpaired) electrons. The topological polar surface area (TPSA) is 29.1 Å². The third-order valence-electron chi connectivity index (χ3n) is 2.38. The molecular formula is C13H7Cl2FINO. The number of hydrogen-bond acceptors (Lipinski definition) is 1. The summed E-state index contributed by atoms with van der Waals surface area (Å²) in [6.45, 7) is 0. The van der Waals surface area contributed by atoms with E-state index in [-0.39, 0.29) is 16.4 Å². The molecule has 0 aromatic heterocycles. The number of carbonyl (C=O) groups is 1. The second-order valence-electron chi connectivity index (χ2n) is 3.68. The van der Waals surface area contributed by atoms with Crippen molar-refractivity contribution in [3.05, 3.63) is 61.4 Å². The molecule has 0 heterocycles. The van der Waals surface area contributed by atoms with Gasteiger partial charge in [-0.1, -0.05) is 29.3 Å². The van der Waals surface area contributed by atoms with Crippen molar-refractivity contribution >= 4 is 57.4 Å². The first-order chi connectivity index (χ1) is 8.99. The third-order valence-corrected chi connectivity index (χ3v) is 4.09. The van der Waals surface area contributed by atoms with Crippen LogP contribution in [0.5, 0.6) is 0 Å². The number of carbonyl (C=O) groups excluding carboxylic acids is 1. The second kappa shape index (κ2) is 6.07. The summed E-state index contributed by atoms with van der Waals surface area (Å²) in [5, 5.41) is 3.17. The molecule has 98 valence electrons. The van der Waals surface area contributed by atoms with Gasteiger partial charge in [-0.15, -0.1) is 0 Å². The third kappa shape index (κ3) is 3.38. The molecule has 0 aliphatic rings. The van der Waals surface area contributed by atoms with Crippen molar-refractivity contribution in [2.24, 2.45) is 0 Å². The Morgan fingerprint density at radius 3 is 2.63 bits per heavy atom. The monoisotopic (exact) mass is 409 g/mol. The van der Waals surface area contributed by atoms with Crippen molar-refractivity contribution in [3.8, 4) is 0 Å². The van der Waals surface area contributed by atoms with E-state index in [0.29, 0.717) is 14.3 Å². The Hall–Kier alpha value is -0.850. The molecule has 0 spiro atoms. The highest BCUT2D eigenvalue weighted by Gasteiger charge is 2.14. The summed E-state index contributed by atoms with van der Waals surface area (Å²) in [7, 11) is 0. The number of anilines is 1. The van der Waals surface area contributed by atoms with Gasteiger partial charge in [0, 0.05) is 3.57 Å². The highest BCUT2D eigenvalue weighted by Crippen LogP contribution is 2.27. The van der Waals surface area contributed by atoms with Gasteiger partial charge in [0.15, 0.2) is 0 Å². The smallest absolute Gasteiger partial charge is 0.257 e. The Balaban J connectivity index is 2.28. The zero-order valence-electron chi connectivity index (χ0n) is 9.38. The Morgan fingerprint density at radius 2 is 1.95 bits per heavy atom. The van der Waals surface area contributed by atoms with E-state index < -0.39 is 5.91 Å². The summed E-state index contributed by atoms with van der Waals surface area (Å²) in [4.78, 5) is 12.1. The van der Waals surface area contributed by atoms with Crippen molar-refractivity contribution in [2.45, 2.75) is 0 Å². The van der Waals surface area contributed by atoms with Crippen LogP contribution in [0.15, 0.2) is 36.4 Å². The van der Waals surface area contributed by atoms with Crippen LogP contribution >= 0.6 is 45.8 Å². The molecule has 0 saturated heterocycles. The lowest BCUT2D eigenvalue weighted by Gasteiger charge is -2.09. The Morgan fingerprint density at radius 1 is 1.21 bits per heavy atom. The van der Waals surface area contributed by atoms with Gasteiger partial charge < -0.3 is 5.32 Å². The van der Waals surface area contributed by atoms with Crippen LogP contribution in [0.3, 0.4) is 0 Å². The zero-order chi connectivity index (χ0) is 14.0. The molecule has 0 unspecified atom stereocenters. The quantitative estimate of drug-likeness (QED) is 0.695. The fraction of sp³-hybridized carbons (Fsp3) is 0. The second-order valence-corrected chi connectivity index (χ2v) is 5.63. The lowest BCUT2D eigenvalue weighted by Crippen LogP contribution is -2.13. The van der Waals surface area contributed by atoms with Crippen LogP contribution < -0.4 is 5.32 Å². The van der Waals surface area contributed by atoms with E-state index >= 15 is 0 Å². The van der Waals surface area contributed by atoms with Crippen LogP contribution in [0.4, 0.5) is 10.1 Å². The van der Waals surface area contributed by atoms with Crippen molar-refractivity contribution in [1.82, 2.24) is 0 Å². The molecule has 0 aliphatic heterocycles. The molecule has 1 N–H and O–H groups in total. The van der Waals surface area contributed by atoms with Gasteiger partial charge >= 0.3 is 0 Å². The maximum absolute atomic E-state index is 13.0. The van der Waals surface area contributed by atoms with Gasteiger partial charge in [-0.3, -0.25) is 4.79 Å². The Bertz CT molecular complexity index is 649. The average Bonchev–Trinajstić information content (AvgIpc) is 2.36. The van der Waals surface area contributed by atoms with Crippen LogP contribution in [0, 0.1) is 9.39 Å². The van der Waals surface area contributed by atoms with Crippen LogP contribution in [0.25, 0.3) is 0 Å². The Labute approximate surface area is 133 Å². The first-order valence-corrected chi connectivity index (χ1v) is 7.03. The Kier molecular flexibility index (Phi) is 4.65. The minimum absolute atomic E-state index is 0.193. The van der Waals surface area contributed by atoms with Crippen LogP contribution in [0.1, 0.15) is 10.4 Å². The van der Waals surface area contributed by atoms with Crippen LogP contribution in [-0.4, -0.2) is 5.91 Å². The fourth-order valence-corrected chi connectivity index (χ4v) is 2.46. The summed E-state index contributed by atoms with van der Waals surface area (Å²) in [6, 6.07) is 8.90. The molecule has 19 heavy (non-hydrogen) atoms. The van der Waals surface area contributed by atoms with Crippen LogP contribution in [0.2, 0.25) is 10.0 Å². The lowest BCUT2D eigenvalue weighted by molar-refractivity contribution is 0.102. The number of hydrogen-bond donors (Lipinski definition) is 1. The first kappa shape index (κ1) is 14.6. The summed E-state index contributed by atoms with van der Waals surface area (Å²) >= 11 is 13.8. The zero-order valence-corrected chi connectivity index (χ0v) is 13.1. The molecule has 0 aliphatic carbocycles. The molecule has 0 fully saturated rings. The van der Waals surface area contributed by atoms with E-state index in [9.17, 15) is 9.18 Å². The van der Waals surface area contributed by atoms with E-state index in [4.69, 9.17) is 23.2 Å². The molecule has 2 rings (SSSR count). The maximum atomic E-state index is 13.0. The molecule has 0 saturated carbocycles. The van der Waals surface area contributed by atoms with Gasteiger partial charge in [-0.2, -0.15) is 0 Å². The summed E-state index contributed by atoms with van der Waals surface area (Å²) in [5.41, 5.74) is 0.789. The summed E-state index contributed by atoms with van der Waals surface area (Å²) < 4.78 is 13.6. The largest absolute Gasteiger partial charge is 0.321 e. The molecule has 0 atom stereocenters. The number of rotatable bonds is 2. The highest BCUT2D eigenvalue weighted by atomic mass is 127. The van der Waals surface area contributed by atoms with E-state index in [0.717, 1.165) is 0 Å². The first-order valence-electron chi connectivity index (χ1n) is 5.19. The average molecular weight is 410 g/mol. The van der Waals surface area contributed by atoms with Crippen molar-refractivity contribution in [3.63, 3.8) is 0 Å². The van der Waals surface area contributed by atoms with Gasteiger partial charge in [0.25, 0.3) is 5.91 Å². The predicted molar refractivity (Wildman–Crippen MR) is 83.5 cm³/mol. The molecule has 2 nitrogen and oxygen atoms in total. The molecule has 2 aromatic carbocycles. The van der Waals surface area contributed by atoms with Gasteiger partial charge in [0.2, 0.25) is 0 Å². The van der Waals surface area contributed by atoms with Crippen LogP contribution in [-0.2, 0) is 0 Å². The van der Waals surface area contributed by atoms with Gasteiger partial charge in [-0.25, -0.2) is 4.39 Å². The SMILES string of the molecule is O=C(Nc1ccc(F)cc1I)c1cccc(Cl)c1Cl. The van der Waals surface area contributed by atoms with Crippen molar-refractivity contribution < 1.29 is 9.18 Å². The molecular weight excluding hydrogens is 403 g/mol. The predicted octanol–water partition coefficient (Wildman–Crippen LogP) is 4.99. The minimum Gasteiger partial charge on any atom is -0.321 e. The summed E-state index contributed by atoms with van der Waals surface area (Å²) in [6.07, 6.45) is 0. The van der Waals surface area contributed by atoms with E-state index in [1.807, 2.05) is 22.6 Å². The lowest BCUT2D eigenvalue weighted by atomic mass is 10.2. The van der Waals surface area contributed by atoms with Gasteiger partial charge in [0.05, 0.1) is 21.3 Å². The standard InChI is InChI=1S/C13H7Cl2FINO/c14-9-3-1-2-8(12(9)15)13(19)18-11-5-4-7(16)6-10(11)17/h1-6H,(H,18,19). The summed E-state index contributed by atoms with van der Waals surface area (Å²) in [5.74, 6) is -0.750. The minimum atomic E-state index is -0.392. The molecule has 2 aromatic rings. The van der Waals surface area contributed by atoms with Gasteiger partial charge in [0.1, 0.15) is 5.82 Å². The molecule has 1 amide bonds. The van der Waals surface area contributed by atoms with E-state index in [1.54, 1.807) is 18.2 Å². The van der Waals surface area contributed by atoms with Crippen molar-refractivity contribution in [2.75, 3.05) is 5.32 Å². The van der Waals surface area contributed by atoms with E-state index in [2.05, 4.69) is 5.32 Å². The van der Waals surface area contributed by atoms with E-state index in [1.165, 1.54) is 18.2 Å². The highest BCUT2D eigenvalue weighted by molar-refractivity contribution is 14.1. The molecule has 6 heteroatoms. The maximum Gasteiger partial charge on any atom is 0.257 e. The van der Waals surface area contributed by atoms with Crippen molar-refractivity contribution in [1.29, 1.82) is 0 Å². The number of nitrogens with one attached hydrogen (secondary N) is 1. The number of benzene rings is 2. The number of amides is 1. The fourth-order valence-electron chi connectivity index (χ4n) is 1.46. The number of halogens is 4.